The summed E-state index contributed by atoms with van der Waals surface area (Å²) in [4.78, 5) is 11.0. The fourth-order valence-corrected chi connectivity index (χ4v) is 10.3. The minimum absolute atomic E-state index is 0.107. The highest BCUT2D eigenvalue weighted by molar-refractivity contribution is 7.19. The van der Waals surface area contributed by atoms with Gasteiger partial charge in [0.25, 0.3) is 0 Å². The number of allylic oxidation sites excluding steroid dienone is 7. The largest absolute Gasteiger partial charge is 0.476 e. The van der Waals surface area contributed by atoms with E-state index in [-0.39, 0.29) is 40.1 Å². The van der Waals surface area contributed by atoms with Gasteiger partial charge in [0.1, 0.15) is 18.1 Å². The van der Waals surface area contributed by atoms with Crippen LogP contribution >= 0.6 is 22.9 Å². The number of hydrogen-bond donors (Lipinski definition) is 1. The van der Waals surface area contributed by atoms with Crippen molar-refractivity contribution in [2.75, 3.05) is 33.3 Å². The van der Waals surface area contributed by atoms with Crippen LogP contribution in [0.25, 0.3) is 15.7 Å². The second kappa shape index (κ2) is 16.9. The van der Waals surface area contributed by atoms with Gasteiger partial charge in [-0.2, -0.15) is 0 Å². The van der Waals surface area contributed by atoms with Crippen molar-refractivity contribution < 1.29 is 13.5 Å². The molecule has 5 nitrogen and oxygen atoms in total. The summed E-state index contributed by atoms with van der Waals surface area (Å²) in [6.45, 7) is 23.1. The van der Waals surface area contributed by atoms with Gasteiger partial charge in [0.05, 0.1) is 9.73 Å². The van der Waals surface area contributed by atoms with E-state index in [0.29, 0.717) is 58.0 Å². The molecule has 54 heavy (non-hydrogen) atoms. The average molecular weight is 782 g/mol. The maximum atomic E-state index is 17.9. The molecule has 1 aromatic heterocycles. The van der Waals surface area contributed by atoms with Gasteiger partial charge < -0.3 is 15.0 Å². The van der Waals surface area contributed by atoms with Gasteiger partial charge in [-0.1, -0.05) is 79.5 Å². The molecule has 9 heteroatoms. The van der Waals surface area contributed by atoms with E-state index in [2.05, 4.69) is 84.5 Å². The second-order valence-corrected chi connectivity index (χ2v) is 18.6. The van der Waals surface area contributed by atoms with Crippen LogP contribution < -0.4 is 5.32 Å². The Balaban J connectivity index is 1.49. The van der Waals surface area contributed by atoms with Gasteiger partial charge in [-0.3, -0.25) is 4.90 Å². The van der Waals surface area contributed by atoms with Crippen LogP contribution in [0.15, 0.2) is 57.3 Å². The van der Waals surface area contributed by atoms with Crippen molar-refractivity contribution in [2.45, 2.75) is 131 Å². The van der Waals surface area contributed by atoms with Gasteiger partial charge in [0.15, 0.2) is 5.83 Å². The molecule has 0 bridgehead atoms. The lowest BCUT2D eigenvalue weighted by Gasteiger charge is -2.36. The smallest absolute Gasteiger partial charge is 0.209 e. The molecule has 0 amide bonds. The lowest BCUT2D eigenvalue weighted by atomic mass is 9.88. The maximum Gasteiger partial charge on any atom is 0.209 e. The van der Waals surface area contributed by atoms with Crippen LogP contribution in [0.1, 0.15) is 135 Å². The van der Waals surface area contributed by atoms with Crippen molar-refractivity contribution in [3.05, 3.63) is 74.1 Å². The summed E-state index contributed by atoms with van der Waals surface area (Å²) in [5, 5.41) is 4.47. The SMILES string of the molecule is CC/C=C(/N=C1/C(F)=C(c2ccc(F)c3sc(C(C)C)c(C4CN4)c23)C(Cl)=C/C1=C(/C)N(C)C(CCC(C)CC)C(C)C)OCC1CC2(CC2)CN1CC. The van der Waals surface area contributed by atoms with Crippen molar-refractivity contribution in [1.82, 2.24) is 15.1 Å². The van der Waals surface area contributed by atoms with Crippen LogP contribution in [-0.4, -0.2) is 60.9 Å². The molecule has 3 heterocycles. The fourth-order valence-electron chi connectivity index (χ4n) is 8.70. The molecule has 1 aromatic carbocycles. The first-order valence-electron chi connectivity index (χ1n) is 20.6. The summed E-state index contributed by atoms with van der Waals surface area (Å²) < 4.78 is 40.6. The Bertz CT molecular complexity index is 1860. The number of fused-ring (bicyclic) bond motifs is 1. The van der Waals surface area contributed by atoms with E-state index >= 15 is 8.78 Å². The number of aliphatic imine (C=N–C) groups is 1. The van der Waals surface area contributed by atoms with Gasteiger partial charge >= 0.3 is 0 Å². The Hall–Kier alpha value is -2.52. The van der Waals surface area contributed by atoms with Crippen molar-refractivity contribution in [2.24, 2.45) is 22.2 Å². The van der Waals surface area contributed by atoms with E-state index in [1.165, 1.54) is 30.2 Å². The second-order valence-electron chi connectivity index (χ2n) is 17.1. The quantitative estimate of drug-likeness (QED) is 0.136. The molecular formula is C45H63ClF2N4OS. The number of ether oxygens (including phenoxy) is 1. The summed E-state index contributed by atoms with van der Waals surface area (Å²) in [5.74, 6) is 0.827. The Labute approximate surface area is 332 Å². The summed E-state index contributed by atoms with van der Waals surface area (Å²) >= 11 is 8.72. The maximum absolute atomic E-state index is 17.9. The molecule has 2 saturated heterocycles. The Morgan fingerprint density at radius 2 is 1.87 bits per heavy atom. The number of hydrogen-bond acceptors (Lipinski definition) is 6. The van der Waals surface area contributed by atoms with Gasteiger partial charge in [0, 0.05) is 65.4 Å². The van der Waals surface area contributed by atoms with Crippen molar-refractivity contribution in [3.63, 3.8) is 0 Å². The Kier molecular flexibility index (Phi) is 12.9. The van der Waals surface area contributed by atoms with E-state index in [9.17, 15) is 0 Å². The van der Waals surface area contributed by atoms with Crippen LogP contribution in [0.3, 0.4) is 0 Å². The summed E-state index contributed by atoms with van der Waals surface area (Å²) in [6.07, 6.45) is 11.5. The van der Waals surface area contributed by atoms with Crippen LogP contribution in [0, 0.1) is 23.1 Å². The fraction of sp³-hybridized carbons (Fsp3) is 0.622. The first-order valence-corrected chi connectivity index (χ1v) is 21.8. The molecule has 3 fully saturated rings. The number of rotatable bonds is 16. The molecule has 0 radical (unpaired) electrons. The molecule has 6 rings (SSSR count). The molecule has 4 atom stereocenters. The number of likely N-dealkylation sites (N-methyl/N-ethyl adjacent to an activating group) is 1. The van der Waals surface area contributed by atoms with E-state index in [1.807, 2.05) is 12.2 Å². The number of halogens is 3. The number of nitrogens with zero attached hydrogens (tertiary/aromatic N) is 3. The lowest BCUT2D eigenvalue weighted by Crippen LogP contribution is -2.36. The number of benzene rings is 1. The first-order chi connectivity index (χ1) is 25.7. The van der Waals surface area contributed by atoms with Crippen LogP contribution in [0.2, 0.25) is 0 Å². The van der Waals surface area contributed by atoms with Crippen LogP contribution in [-0.2, 0) is 4.74 Å². The monoisotopic (exact) mass is 780 g/mol. The highest BCUT2D eigenvalue weighted by Crippen LogP contribution is 2.55. The zero-order valence-corrected chi connectivity index (χ0v) is 35.9. The third-order valence-electron chi connectivity index (χ3n) is 12.5. The van der Waals surface area contributed by atoms with E-state index in [1.54, 1.807) is 6.07 Å². The molecule has 2 aliphatic carbocycles. The average Bonchev–Trinajstić information content (AvgIpc) is 4.05. The summed E-state index contributed by atoms with van der Waals surface area (Å²) in [5.41, 5.74) is 4.13. The zero-order valence-electron chi connectivity index (χ0n) is 34.3. The number of nitrogens with one attached hydrogen (secondary N) is 1. The highest BCUT2D eigenvalue weighted by Gasteiger charge is 2.51. The van der Waals surface area contributed by atoms with Crippen LogP contribution in [0.4, 0.5) is 8.78 Å². The molecule has 4 unspecified atom stereocenters. The molecule has 1 saturated carbocycles. The number of likely N-dealkylation sites (tertiary alicyclic amines) is 1. The van der Waals surface area contributed by atoms with Gasteiger partial charge in [-0.15, -0.1) is 11.3 Å². The molecule has 4 aliphatic rings. The van der Waals surface area contributed by atoms with Crippen LogP contribution in [0.5, 0.6) is 0 Å². The predicted octanol–water partition coefficient (Wildman–Crippen LogP) is 12.3. The topological polar surface area (TPSA) is 50.0 Å². The lowest BCUT2D eigenvalue weighted by molar-refractivity contribution is 0.126. The molecule has 1 N–H and O–H groups in total. The molecule has 2 aliphatic heterocycles. The summed E-state index contributed by atoms with van der Waals surface area (Å²) in [6, 6.07) is 3.82. The van der Waals surface area contributed by atoms with E-state index < -0.39 is 5.83 Å². The molecule has 2 aromatic rings. The van der Waals surface area contributed by atoms with Gasteiger partial charge in [-0.05, 0) is 105 Å². The first kappa shape index (κ1) is 41.1. The molecular weight excluding hydrogens is 718 g/mol. The zero-order chi connectivity index (χ0) is 39.1. The third-order valence-corrected chi connectivity index (χ3v) is 14.4. The van der Waals surface area contributed by atoms with Crippen molar-refractivity contribution >= 4 is 44.3 Å². The van der Waals surface area contributed by atoms with Crippen molar-refractivity contribution in [1.29, 1.82) is 0 Å². The minimum atomic E-state index is -0.510. The standard InChI is InChI=1S/C45H63ClF2N4OS/c1-11-14-37(53-24-30-22-45(19-20-45)25-52(30)13-3)50-42-32(29(9)51(10)36(26(4)5)18-15-28(8)12-2)21-33(46)38(41(42)48)31-16-17-34(47)44-39(31)40(35-23-49-35)43(54-44)27(6)7/h14,16-17,21,26-28,30,35-36,49H,11-13,15,18-20,22-25H2,1-10H3/b32-29+,37-14-,50-42+. The normalized spacial score (nSPS) is 24.3. The van der Waals surface area contributed by atoms with Gasteiger partial charge in [-0.25, -0.2) is 13.8 Å². The van der Waals surface area contributed by atoms with Crippen molar-refractivity contribution in [3.8, 4) is 0 Å². The molecule has 1 spiro atoms. The van der Waals surface area contributed by atoms with E-state index in [0.717, 1.165) is 66.8 Å². The summed E-state index contributed by atoms with van der Waals surface area (Å²) in [7, 11) is 2.11. The highest BCUT2D eigenvalue weighted by atomic mass is 35.5. The Morgan fingerprint density at radius 1 is 1.15 bits per heavy atom. The third kappa shape index (κ3) is 8.43. The number of thiophene rings is 1. The Morgan fingerprint density at radius 3 is 2.46 bits per heavy atom. The predicted molar refractivity (Wildman–Crippen MR) is 225 cm³/mol. The van der Waals surface area contributed by atoms with E-state index in [4.69, 9.17) is 21.3 Å². The molecule has 296 valence electrons. The van der Waals surface area contributed by atoms with Gasteiger partial charge in [0.2, 0.25) is 5.88 Å². The minimum Gasteiger partial charge on any atom is -0.476 e.